The highest BCUT2D eigenvalue weighted by Gasteiger charge is 2.41. The molecule has 0 saturated carbocycles. The molecule has 1 aliphatic rings. The van der Waals surface area contributed by atoms with E-state index in [0.717, 1.165) is 6.42 Å². The molecule has 0 fully saturated rings. The summed E-state index contributed by atoms with van der Waals surface area (Å²) in [6, 6.07) is 8.79. The Morgan fingerprint density at radius 3 is 2.26 bits per heavy atom. The van der Waals surface area contributed by atoms with Crippen molar-refractivity contribution < 1.29 is 0 Å². The predicted octanol–water partition coefficient (Wildman–Crippen LogP) is 5.99. The number of fused-ring (bicyclic) bond motifs is 1. The van der Waals surface area contributed by atoms with Gasteiger partial charge in [0.25, 0.3) is 0 Å². The lowest BCUT2D eigenvalue weighted by Gasteiger charge is -2.34. The minimum Gasteiger partial charge on any atom is -0.0984 e. The van der Waals surface area contributed by atoms with E-state index in [2.05, 4.69) is 58.5 Å². The Hall–Kier alpha value is -1.30. The van der Waals surface area contributed by atoms with Crippen LogP contribution in [0.25, 0.3) is 5.57 Å². The summed E-state index contributed by atoms with van der Waals surface area (Å²) in [5.41, 5.74) is 5.94. The second-order valence-corrected chi connectivity index (χ2v) is 5.35. The molecule has 1 aromatic rings. The molecule has 0 spiro atoms. The van der Waals surface area contributed by atoms with Gasteiger partial charge in [0.2, 0.25) is 0 Å². The number of hydrogen-bond donors (Lipinski definition) is 0. The fraction of sp³-hybridized carbons (Fsp3) is 0.474. The van der Waals surface area contributed by atoms with E-state index < -0.39 is 0 Å². The molecule has 0 radical (unpaired) electrons. The molecule has 0 aromatic heterocycles. The number of rotatable bonds is 3. The summed E-state index contributed by atoms with van der Waals surface area (Å²) in [6.07, 6.45) is 3.13. The third kappa shape index (κ3) is 2.29. The van der Waals surface area contributed by atoms with Crippen LogP contribution >= 0.6 is 0 Å². The molecule has 1 unspecified atom stereocenters. The van der Waals surface area contributed by atoms with E-state index in [-0.39, 0.29) is 5.41 Å². The molecule has 0 heteroatoms. The summed E-state index contributed by atoms with van der Waals surface area (Å²) in [6.45, 7) is 17.3. The van der Waals surface area contributed by atoms with Crippen molar-refractivity contribution in [1.29, 1.82) is 0 Å². The highest BCUT2D eigenvalue weighted by Crippen LogP contribution is 2.51. The van der Waals surface area contributed by atoms with Crippen molar-refractivity contribution in [3.8, 4) is 0 Å². The molecule has 0 nitrogen and oxygen atoms in total. The fourth-order valence-electron chi connectivity index (χ4n) is 3.23. The Morgan fingerprint density at radius 2 is 1.79 bits per heavy atom. The highest BCUT2D eigenvalue weighted by molar-refractivity contribution is 5.85. The molecule has 0 amide bonds. The molecule has 2 rings (SSSR count). The molecule has 104 valence electrons. The normalized spacial score (nSPS) is 21.0. The van der Waals surface area contributed by atoms with Crippen LogP contribution in [0.1, 0.15) is 59.1 Å². The van der Waals surface area contributed by atoms with Gasteiger partial charge in [-0.25, -0.2) is 0 Å². The van der Waals surface area contributed by atoms with Gasteiger partial charge in [-0.1, -0.05) is 84.0 Å². The van der Waals surface area contributed by atoms with Crippen molar-refractivity contribution in [2.24, 2.45) is 5.92 Å². The molecule has 19 heavy (non-hydrogen) atoms. The molecule has 0 N–H and O–H groups in total. The van der Waals surface area contributed by atoms with Crippen LogP contribution in [-0.2, 0) is 5.41 Å². The summed E-state index contributed by atoms with van der Waals surface area (Å²) in [4.78, 5) is 0. The highest BCUT2D eigenvalue weighted by atomic mass is 14.4. The van der Waals surface area contributed by atoms with Gasteiger partial charge in [0.1, 0.15) is 0 Å². The zero-order chi connectivity index (χ0) is 14.6. The summed E-state index contributed by atoms with van der Waals surface area (Å²) >= 11 is 0. The molecule has 0 aliphatic heterocycles. The summed E-state index contributed by atoms with van der Waals surface area (Å²) < 4.78 is 0. The summed E-state index contributed by atoms with van der Waals surface area (Å²) in [5, 5.41) is 0. The minimum atomic E-state index is 0.175. The second-order valence-electron chi connectivity index (χ2n) is 5.35. The SMILES string of the molecule is C=CC1=C(CC)C(C)(C(C)C)c2ccccc21.CC. The third-order valence-corrected chi connectivity index (χ3v) is 4.44. The van der Waals surface area contributed by atoms with Gasteiger partial charge in [-0.2, -0.15) is 0 Å². The maximum absolute atomic E-state index is 4.01. The molecule has 1 atom stereocenters. The zero-order valence-corrected chi connectivity index (χ0v) is 13.4. The Labute approximate surface area is 119 Å². The van der Waals surface area contributed by atoms with Crippen LogP contribution in [0.5, 0.6) is 0 Å². The maximum Gasteiger partial charge on any atom is 0.0171 e. The first-order chi connectivity index (χ1) is 9.07. The number of benzene rings is 1. The third-order valence-electron chi connectivity index (χ3n) is 4.44. The molecular formula is C19H28. The van der Waals surface area contributed by atoms with Crippen molar-refractivity contribution in [2.75, 3.05) is 0 Å². The molecular weight excluding hydrogens is 228 g/mol. The van der Waals surface area contributed by atoms with Gasteiger partial charge < -0.3 is 0 Å². The molecule has 0 bridgehead atoms. The van der Waals surface area contributed by atoms with Crippen molar-refractivity contribution in [3.05, 3.63) is 53.6 Å². The lowest BCUT2D eigenvalue weighted by Crippen LogP contribution is -2.28. The fourth-order valence-corrected chi connectivity index (χ4v) is 3.23. The first-order valence-corrected chi connectivity index (χ1v) is 7.53. The molecule has 1 aliphatic carbocycles. The van der Waals surface area contributed by atoms with Crippen LogP contribution in [0, 0.1) is 5.92 Å². The topological polar surface area (TPSA) is 0 Å². The van der Waals surface area contributed by atoms with Crippen molar-refractivity contribution in [3.63, 3.8) is 0 Å². The van der Waals surface area contributed by atoms with Gasteiger partial charge in [0.05, 0.1) is 0 Å². The number of hydrogen-bond acceptors (Lipinski definition) is 0. The van der Waals surface area contributed by atoms with Crippen molar-refractivity contribution in [2.45, 2.75) is 53.4 Å². The Bertz CT molecular complexity index is 477. The van der Waals surface area contributed by atoms with Crippen LogP contribution < -0.4 is 0 Å². The lowest BCUT2D eigenvalue weighted by atomic mass is 9.70. The summed E-state index contributed by atoms with van der Waals surface area (Å²) in [7, 11) is 0. The average molecular weight is 256 g/mol. The second kappa shape index (κ2) is 6.23. The monoisotopic (exact) mass is 256 g/mol. The van der Waals surface area contributed by atoms with Crippen molar-refractivity contribution >= 4 is 5.57 Å². The largest absolute Gasteiger partial charge is 0.0984 e. The van der Waals surface area contributed by atoms with E-state index in [1.807, 2.05) is 19.9 Å². The smallest absolute Gasteiger partial charge is 0.0171 e. The van der Waals surface area contributed by atoms with Crippen LogP contribution in [0.4, 0.5) is 0 Å². The van der Waals surface area contributed by atoms with E-state index in [9.17, 15) is 0 Å². The van der Waals surface area contributed by atoms with E-state index in [1.165, 1.54) is 16.7 Å². The zero-order valence-electron chi connectivity index (χ0n) is 13.4. The Balaban J connectivity index is 0.000000861. The summed E-state index contributed by atoms with van der Waals surface area (Å²) in [5.74, 6) is 0.607. The molecule has 0 saturated heterocycles. The van der Waals surface area contributed by atoms with Gasteiger partial charge in [-0.05, 0) is 29.0 Å². The van der Waals surface area contributed by atoms with E-state index >= 15 is 0 Å². The maximum atomic E-state index is 4.01. The molecule has 1 aromatic carbocycles. The van der Waals surface area contributed by atoms with E-state index in [1.54, 1.807) is 5.57 Å². The molecule has 0 heterocycles. The van der Waals surface area contributed by atoms with Crippen LogP contribution in [0.3, 0.4) is 0 Å². The first-order valence-electron chi connectivity index (χ1n) is 7.53. The van der Waals surface area contributed by atoms with Gasteiger partial charge in [0, 0.05) is 5.41 Å². The lowest BCUT2D eigenvalue weighted by molar-refractivity contribution is 0.396. The van der Waals surface area contributed by atoms with Gasteiger partial charge in [0.15, 0.2) is 0 Å². The van der Waals surface area contributed by atoms with E-state index in [0.29, 0.717) is 5.92 Å². The number of allylic oxidation sites excluding steroid dienone is 3. The van der Waals surface area contributed by atoms with Gasteiger partial charge in [-0.3, -0.25) is 0 Å². The van der Waals surface area contributed by atoms with Crippen LogP contribution in [0.15, 0.2) is 42.5 Å². The minimum absolute atomic E-state index is 0.175. The predicted molar refractivity (Wildman–Crippen MR) is 87.4 cm³/mol. The van der Waals surface area contributed by atoms with Crippen molar-refractivity contribution in [1.82, 2.24) is 0 Å². The van der Waals surface area contributed by atoms with E-state index in [4.69, 9.17) is 0 Å². The Morgan fingerprint density at radius 1 is 1.21 bits per heavy atom. The van der Waals surface area contributed by atoms with Crippen LogP contribution in [-0.4, -0.2) is 0 Å². The van der Waals surface area contributed by atoms with Gasteiger partial charge >= 0.3 is 0 Å². The Kier molecular flexibility index (Phi) is 5.17. The average Bonchev–Trinajstić information content (AvgIpc) is 2.71. The van der Waals surface area contributed by atoms with Gasteiger partial charge in [-0.15, -0.1) is 0 Å². The quantitative estimate of drug-likeness (QED) is 0.623. The standard InChI is InChI=1S/C17H22.C2H6/c1-6-13-14-10-8-9-11-16(14)17(5,12(3)4)15(13)7-2;1-2/h6,8-12H,1,7H2,2-5H3;1-2H3. The first kappa shape index (κ1) is 15.8. The van der Waals surface area contributed by atoms with Crippen LogP contribution in [0.2, 0.25) is 0 Å².